The average Bonchev–Trinajstić information content (AvgIpc) is 2.82. The molecule has 1 aromatic heterocycles. The van der Waals surface area contributed by atoms with Crippen LogP contribution in [0.5, 0.6) is 5.75 Å². The third-order valence-corrected chi connectivity index (χ3v) is 2.42. The SMILES string of the molecule is CC(C)Oc1cc(NCc2ccn[nH]2)ccc1N. The molecule has 0 saturated carbocycles. The highest BCUT2D eigenvalue weighted by molar-refractivity contribution is 5.61. The Bertz CT molecular complexity index is 494. The smallest absolute Gasteiger partial charge is 0.144 e. The van der Waals surface area contributed by atoms with Crippen molar-refractivity contribution in [3.63, 3.8) is 0 Å². The fourth-order valence-electron chi connectivity index (χ4n) is 1.58. The van der Waals surface area contributed by atoms with E-state index in [1.807, 2.05) is 38.1 Å². The van der Waals surface area contributed by atoms with Gasteiger partial charge in [0.15, 0.2) is 0 Å². The quantitative estimate of drug-likeness (QED) is 0.708. The second kappa shape index (κ2) is 5.44. The predicted molar refractivity (Wildman–Crippen MR) is 72.5 cm³/mol. The van der Waals surface area contributed by atoms with E-state index < -0.39 is 0 Å². The van der Waals surface area contributed by atoms with Gasteiger partial charge in [0.1, 0.15) is 5.75 Å². The normalized spacial score (nSPS) is 10.6. The van der Waals surface area contributed by atoms with E-state index in [0.717, 1.165) is 11.4 Å². The monoisotopic (exact) mass is 246 g/mol. The van der Waals surface area contributed by atoms with Crippen LogP contribution in [0.25, 0.3) is 0 Å². The van der Waals surface area contributed by atoms with E-state index in [0.29, 0.717) is 18.0 Å². The molecule has 96 valence electrons. The Hall–Kier alpha value is -2.17. The summed E-state index contributed by atoms with van der Waals surface area (Å²) in [6.45, 7) is 4.64. The first-order chi connectivity index (χ1) is 8.65. The Kier molecular flexibility index (Phi) is 3.72. The lowest BCUT2D eigenvalue weighted by Gasteiger charge is -2.14. The van der Waals surface area contributed by atoms with Crippen molar-refractivity contribution in [2.75, 3.05) is 11.1 Å². The van der Waals surface area contributed by atoms with Gasteiger partial charge in [-0.3, -0.25) is 5.10 Å². The third kappa shape index (κ3) is 3.16. The molecule has 0 bridgehead atoms. The largest absolute Gasteiger partial charge is 0.489 e. The zero-order valence-electron chi connectivity index (χ0n) is 10.6. The molecule has 1 aromatic carbocycles. The molecule has 1 heterocycles. The molecule has 0 amide bonds. The van der Waals surface area contributed by atoms with Crippen molar-refractivity contribution in [3.8, 4) is 5.75 Å². The van der Waals surface area contributed by atoms with E-state index in [1.165, 1.54) is 0 Å². The number of H-pyrrole nitrogens is 1. The van der Waals surface area contributed by atoms with Gasteiger partial charge < -0.3 is 15.8 Å². The Morgan fingerprint density at radius 1 is 1.39 bits per heavy atom. The van der Waals surface area contributed by atoms with E-state index >= 15 is 0 Å². The molecule has 0 unspecified atom stereocenters. The molecule has 0 radical (unpaired) electrons. The lowest BCUT2D eigenvalue weighted by Crippen LogP contribution is -2.08. The summed E-state index contributed by atoms with van der Waals surface area (Å²) in [6, 6.07) is 7.60. The number of nitrogens with one attached hydrogen (secondary N) is 2. The standard InChI is InChI=1S/C13H18N4O/c1-9(2)18-13-7-10(3-4-12(13)14)15-8-11-5-6-16-17-11/h3-7,9,15H,8,14H2,1-2H3,(H,16,17). The van der Waals surface area contributed by atoms with Gasteiger partial charge in [-0.15, -0.1) is 0 Å². The second-order valence-electron chi connectivity index (χ2n) is 4.35. The number of rotatable bonds is 5. The minimum atomic E-state index is 0.107. The molecule has 0 fully saturated rings. The summed E-state index contributed by atoms with van der Waals surface area (Å²) in [4.78, 5) is 0. The molecular formula is C13H18N4O. The van der Waals surface area contributed by atoms with E-state index in [1.54, 1.807) is 6.20 Å². The summed E-state index contributed by atoms with van der Waals surface area (Å²) in [6.07, 6.45) is 1.84. The first kappa shape index (κ1) is 12.3. The highest BCUT2D eigenvalue weighted by atomic mass is 16.5. The van der Waals surface area contributed by atoms with Crippen LogP contribution in [0.4, 0.5) is 11.4 Å². The summed E-state index contributed by atoms with van der Waals surface area (Å²) in [5.41, 5.74) is 8.50. The molecule has 2 rings (SSSR count). The highest BCUT2D eigenvalue weighted by Crippen LogP contribution is 2.26. The topological polar surface area (TPSA) is 76.0 Å². The van der Waals surface area contributed by atoms with Crippen LogP contribution in [-0.4, -0.2) is 16.3 Å². The van der Waals surface area contributed by atoms with Crippen LogP contribution in [0.3, 0.4) is 0 Å². The van der Waals surface area contributed by atoms with Gasteiger partial charge in [-0.05, 0) is 32.0 Å². The Morgan fingerprint density at radius 3 is 2.89 bits per heavy atom. The molecule has 0 aliphatic rings. The Morgan fingerprint density at radius 2 is 2.22 bits per heavy atom. The minimum Gasteiger partial charge on any atom is -0.489 e. The molecule has 2 aromatic rings. The summed E-state index contributed by atoms with van der Waals surface area (Å²) in [5, 5.41) is 10.1. The van der Waals surface area contributed by atoms with Gasteiger partial charge in [-0.25, -0.2) is 0 Å². The summed E-state index contributed by atoms with van der Waals surface area (Å²) in [5.74, 6) is 0.708. The van der Waals surface area contributed by atoms with Gasteiger partial charge >= 0.3 is 0 Å². The van der Waals surface area contributed by atoms with Crippen LogP contribution >= 0.6 is 0 Å². The number of benzene rings is 1. The number of nitrogens with zero attached hydrogens (tertiary/aromatic N) is 1. The zero-order chi connectivity index (χ0) is 13.0. The number of hydrogen-bond donors (Lipinski definition) is 3. The summed E-state index contributed by atoms with van der Waals surface area (Å²) in [7, 11) is 0. The van der Waals surface area contributed by atoms with Crippen LogP contribution in [0.15, 0.2) is 30.5 Å². The first-order valence-corrected chi connectivity index (χ1v) is 5.93. The van der Waals surface area contributed by atoms with Gasteiger partial charge in [0, 0.05) is 18.0 Å². The molecular weight excluding hydrogens is 228 g/mol. The Labute approximate surface area is 106 Å². The minimum absolute atomic E-state index is 0.107. The summed E-state index contributed by atoms with van der Waals surface area (Å²) >= 11 is 0. The van der Waals surface area contributed by atoms with Crippen LogP contribution in [0.1, 0.15) is 19.5 Å². The maximum absolute atomic E-state index is 5.86. The van der Waals surface area contributed by atoms with Crippen molar-refractivity contribution < 1.29 is 4.74 Å². The van der Waals surface area contributed by atoms with E-state index in [-0.39, 0.29) is 6.10 Å². The maximum atomic E-state index is 5.86. The first-order valence-electron chi connectivity index (χ1n) is 5.93. The predicted octanol–water partition coefficient (Wildman–Crippen LogP) is 2.39. The van der Waals surface area contributed by atoms with Crippen molar-refractivity contribution in [1.82, 2.24) is 10.2 Å². The van der Waals surface area contributed by atoms with E-state index in [4.69, 9.17) is 10.5 Å². The van der Waals surface area contributed by atoms with Crippen molar-refractivity contribution in [1.29, 1.82) is 0 Å². The number of ether oxygens (including phenoxy) is 1. The third-order valence-electron chi connectivity index (χ3n) is 2.42. The lowest BCUT2D eigenvalue weighted by atomic mass is 10.2. The van der Waals surface area contributed by atoms with Crippen molar-refractivity contribution >= 4 is 11.4 Å². The van der Waals surface area contributed by atoms with Crippen molar-refractivity contribution in [2.45, 2.75) is 26.5 Å². The lowest BCUT2D eigenvalue weighted by molar-refractivity contribution is 0.244. The maximum Gasteiger partial charge on any atom is 0.144 e. The molecule has 0 atom stereocenters. The molecule has 4 N–H and O–H groups in total. The zero-order valence-corrected chi connectivity index (χ0v) is 10.6. The molecule has 18 heavy (non-hydrogen) atoms. The van der Waals surface area contributed by atoms with E-state index in [2.05, 4.69) is 15.5 Å². The van der Waals surface area contributed by atoms with Crippen LogP contribution in [0.2, 0.25) is 0 Å². The number of hydrogen-bond acceptors (Lipinski definition) is 4. The molecule has 0 aliphatic heterocycles. The van der Waals surface area contributed by atoms with Gasteiger partial charge in [-0.1, -0.05) is 0 Å². The van der Waals surface area contributed by atoms with Crippen LogP contribution in [0, 0.1) is 0 Å². The second-order valence-corrected chi connectivity index (χ2v) is 4.35. The number of anilines is 2. The number of nitrogen functional groups attached to an aromatic ring is 1. The van der Waals surface area contributed by atoms with Gasteiger partial charge in [-0.2, -0.15) is 5.10 Å². The number of aromatic nitrogens is 2. The Balaban J connectivity index is 2.04. The fraction of sp³-hybridized carbons (Fsp3) is 0.308. The van der Waals surface area contributed by atoms with Gasteiger partial charge in [0.25, 0.3) is 0 Å². The van der Waals surface area contributed by atoms with Crippen molar-refractivity contribution in [2.24, 2.45) is 0 Å². The van der Waals surface area contributed by atoms with Crippen LogP contribution in [-0.2, 0) is 6.54 Å². The van der Waals surface area contributed by atoms with Gasteiger partial charge in [0.2, 0.25) is 0 Å². The average molecular weight is 246 g/mol. The molecule has 0 saturated heterocycles. The fourth-order valence-corrected chi connectivity index (χ4v) is 1.58. The molecule has 5 heteroatoms. The molecule has 5 nitrogen and oxygen atoms in total. The molecule has 0 spiro atoms. The van der Waals surface area contributed by atoms with Crippen LogP contribution < -0.4 is 15.8 Å². The van der Waals surface area contributed by atoms with Crippen molar-refractivity contribution in [3.05, 3.63) is 36.2 Å². The molecule has 0 aliphatic carbocycles. The number of aromatic amines is 1. The number of nitrogens with two attached hydrogens (primary N) is 1. The highest BCUT2D eigenvalue weighted by Gasteiger charge is 2.04. The van der Waals surface area contributed by atoms with E-state index in [9.17, 15) is 0 Å². The van der Waals surface area contributed by atoms with Gasteiger partial charge in [0.05, 0.1) is 24.0 Å². The summed E-state index contributed by atoms with van der Waals surface area (Å²) < 4.78 is 5.64.